The van der Waals surface area contributed by atoms with Crippen molar-refractivity contribution in [1.29, 1.82) is 0 Å². The van der Waals surface area contributed by atoms with Crippen molar-refractivity contribution >= 4 is 19.8 Å². The summed E-state index contributed by atoms with van der Waals surface area (Å²) in [6, 6.07) is 0. The summed E-state index contributed by atoms with van der Waals surface area (Å²) in [5.41, 5.74) is 0. The van der Waals surface area contributed by atoms with Gasteiger partial charge in [0.15, 0.2) is 6.10 Å². The van der Waals surface area contributed by atoms with E-state index in [0.29, 0.717) is 36.1 Å². The maximum absolute atomic E-state index is 12.7. The Morgan fingerprint density at radius 1 is 0.587 bits per heavy atom. The third kappa shape index (κ3) is 41.4. The van der Waals surface area contributed by atoms with Crippen LogP contribution >= 0.6 is 7.82 Å². The fraction of sp³-hybridized carbons (Fsp3) is 0.846. The quantitative estimate of drug-likeness (QED) is 0.0159. The molecular weight excluding hydrogens is 814 g/mol. The Balaban J connectivity index is 2.22. The van der Waals surface area contributed by atoms with Crippen LogP contribution in [0, 0.1) is 0 Å². The molecule has 1 heterocycles. The average molecular weight is 911 g/mol. The van der Waals surface area contributed by atoms with Crippen molar-refractivity contribution in [3.05, 3.63) is 36.5 Å². The number of ether oxygens (including phenoxy) is 3. The number of epoxide rings is 1. The first-order valence-electron chi connectivity index (χ1n) is 25.8. The summed E-state index contributed by atoms with van der Waals surface area (Å²) in [7, 11) is 1.44. The SMILES string of the molecule is CCCCCCCCCCCCCCCCCCCCCCCC(=O)OC[C@H](COP(=O)(O)OCC[N+](C)(C)C)OC(=O)CCC/C=C\C/C=C\C/C=C\CC1OC1CCCCC. The Bertz CT molecular complexity index is 1230. The molecule has 63 heavy (non-hydrogen) atoms. The number of rotatable bonds is 46. The van der Waals surface area contributed by atoms with Gasteiger partial charge in [0, 0.05) is 12.8 Å². The molecule has 368 valence electrons. The number of likely N-dealkylation sites (N-methyl/N-ethyl adjacent to an activating group) is 1. The molecule has 0 aromatic rings. The molecule has 0 aliphatic carbocycles. The number of nitrogens with zero attached hydrogens (tertiary/aromatic N) is 1. The lowest BCUT2D eigenvalue weighted by Gasteiger charge is -2.24. The van der Waals surface area contributed by atoms with Crippen molar-refractivity contribution in [2.45, 2.75) is 238 Å². The minimum Gasteiger partial charge on any atom is -0.462 e. The van der Waals surface area contributed by atoms with E-state index in [9.17, 15) is 19.0 Å². The van der Waals surface area contributed by atoms with Crippen LogP contribution in [0.4, 0.5) is 0 Å². The third-order valence-electron chi connectivity index (χ3n) is 11.6. The van der Waals surface area contributed by atoms with Gasteiger partial charge in [-0.3, -0.25) is 18.6 Å². The predicted octanol–water partition coefficient (Wildman–Crippen LogP) is 14.2. The second-order valence-corrected chi connectivity index (χ2v) is 20.4. The summed E-state index contributed by atoms with van der Waals surface area (Å²) < 4.78 is 40.1. The number of phosphoric acid groups is 1. The van der Waals surface area contributed by atoms with Crippen LogP contribution in [-0.2, 0) is 37.4 Å². The van der Waals surface area contributed by atoms with Gasteiger partial charge in [0.2, 0.25) is 0 Å². The molecule has 1 saturated heterocycles. The fourth-order valence-corrected chi connectivity index (χ4v) is 8.20. The maximum Gasteiger partial charge on any atom is 0.472 e. The van der Waals surface area contributed by atoms with Crippen LogP contribution in [0.15, 0.2) is 36.5 Å². The first-order valence-corrected chi connectivity index (χ1v) is 27.3. The van der Waals surface area contributed by atoms with Crippen LogP contribution in [0.5, 0.6) is 0 Å². The van der Waals surface area contributed by atoms with Crippen LogP contribution in [0.3, 0.4) is 0 Å². The lowest BCUT2D eigenvalue weighted by atomic mass is 10.0. The Morgan fingerprint density at radius 3 is 1.60 bits per heavy atom. The molecule has 4 atom stereocenters. The molecule has 3 unspecified atom stereocenters. The summed E-state index contributed by atoms with van der Waals surface area (Å²) in [6.45, 7) is 4.35. The van der Waals surface area contributed by atoms with E-state index in [4.69, 9.17) is 23.3 Å². The molecule has 0 spiro atoms. The van der Waals surface area contributed by atoms with E-state index < -0.39 is 26.5 Å². The summed E-state index contributed by atoms with van der Waals surface area (Å²) in [6.07, 6.45) is 49.5. The molecule has 0 saturated carbocycles. The van der Waals surface area contributed by atoms with Gasteiger partial charge < -0.3 is 23.6 Å². The van der Waals surface area contributed by atoms with Gasteiger partial charge in [-0.1, -0.05) is 198 Å². The van der Waals surface area contributed by atoms with Crippen LogP contribution in [0.1, 0.15) is 219 Å². The summed E-state index contributed by atoms with van der Waals surface area (Å²) >= 11 is 0. The molecular formula is C52H97NO9P+. The number of hydrogen-bond donors (Lipinski definition) is 1. The van der Waals surface area contributed by atoms with Crippen molar-refractivity contribution < 1.29 is 46.8 Å². The van der Waals surface area contributed by atoms with E-state index in [1.165, 1.54) is 141 Å². The molecule has 1 rings (SSSR count). The Hall–Kier alpha value is -1.81. The summed E-state index contributed by atoms with van der Waals surface area (Å²) in [5.74, 6) is -0.860. The first-order chi connectivity index (χ1) is 30.5. The smallest absolute Gasteiger partial charge is 0.462 e. The van der Waals surface area contributed by atoms with E-state index >= 15 is 0 Å². The maximum atomic E-state index is 12.7. The predicted molar refractivity (Wildman–Crippen MR) is 261 cm³/mol. The molecule has 0 bridgehead atoms. The van der Waals surface area contributed by atoms with Gasteiger partial charge in [-0.05, 0) is 44.9 Å². The Labute approximate surface area is 386 Å². The Kier molecular flexibility index (Phi) is 38.0. The van der Waals surface area contributed by atoms with Crippen molar-refractivity contribution in [2.75, 3.05) is 47.5 Å². The highest BCUT2D eigenvalue weighted by Crippen LogP contribution is 2.43. The summed E-state index contributed by atoms with van der Waals surface area (Å²) in [5, 5.41) is 0. The van der Waals surface area contributed by atoms with Crippen molar-refractivity contribution in [1.82, 2.24) is 0 Å². The number of carbonyl (C=O) groups is 2. The summed E-state index contributed by atoms with van der Waals surface area (Å²) in [4.78, 5) is 35.5. The Morgan fingerprint density at radius 2 is 1.06 bits per heavy atom. The number of allylic oxidation sites excluding steroid dienone is 5. The number of unbranched alkanes of at least 4 members (excludes halogenated alkanes) is 23. The zero-order valence-electron chi connectivity index (χ0n) is 41.3. The fourth-order valence-electron chi connectivity index (χ4n) is 7.46. The topological polar surface area (TPSA) is 121 Å². The minimum absolute atomic E-state index is 0.0203. The number of hydrogen-bond acceptors (Lipinski definition) is 8. The van der Waals surface area contributed by atoms with Crippen molar-refractivity contribution in [3.8, 4) is 0 Å². The molecule has 10 nitrogen and oxygen atoms in total. The van der Waals surface area contributed by atoms with E-state index in [2.05, 4.69) is 50.3 Å². The molecule has 0 amide bonds. The average Bonchev–Trinajstić information content (AvgIpc) is 3.99. The van der Waals surface area contributed by atoms with Gasteiger partial charge in [0.1, 0.15) is 19.8 Å². The van der Waals surface area contributed by atoms with Crippen LogP contribution < -0.4 is 0 Å². The molecule has 1 N–H and O–H groups in total. The highest BCUT2D eigenvalue weighted by molar-refractivity contribution is 7.47. The standard InChI is InChI=1S/C52H96NO9P/c1-6-8-10-11-12-13-14-15-16-17-18-19-20-21-22-23-24-28-31-34-38-42-51(54)58-46-48(47-60-63(56,57)59-45-44-53(3,4)5)61-52(55)43-39-35-32-29-26-25-27-30-33-37-41-50-49(62-50)40-36-9-7-2/h25,27,29,32-33,37,48-50H,6-24,26,28,30-31,34-36,38-47H2,1-5H3/p+1/b27-25-,32-29-,37-33-/t48-,49?,50?/m1/s1. The number of esters is 2. The second-order valence-electron chi connectivity index (χ2n) is 18.9. The van der Waals surface area contributed by atoms with E-state index in [1.54, 1.807) is 0 Å². The third-order valence-corrected chi connectivity index (χ3v) is 12.6. The van der Waals surface area contributed by atoms with E-state index in [0.717, 1.165) is 38.5 Å². The van der Waals surface area contributed by atoms with E-state index in [1.807, 2.05) is 21.1 Å². The van der Waals surface area contributed by atoms with Crippen LogP contribution in [-0.4, -0.2) is 87.1 Å². The molecule has 0 radical (unpaired) electrons. The molecule has 1 aliphatic rings. The number of carbonyl (C=O) groups excluding carboxylic acids is 2. The lowest BCUT2D eigenvalue weighted by Crippen LogP contribution is -2.37. The van der Waals surface area contributed by atoms with Crippen molar-refractivity contribution in [2.24, 2.45) is 0 Å². The molecule has 0 aromatic carbocycles. The zero-order chi connectivity index (χ0) is 46.1. The van der Waals surface area contributed by atoms with Gasteiger partial charge >= 0.3 is 19.8 Å². The monoisotopic (exact) mass is 911 g/mol. The van der Waals surface area contributed by atoms with Crippen molar-refractivity contribution in [3.63, 3.8) is 0 Å². The van der Waals surface area contributed by atoms with Crippen LogP contribution in [0.2, 0.25) is 0 Å². The molecule has 1 aliphatic heterocycles. The highest BCUT2D eigenvalue weighted by Gasteiger charge is 2.36. The van der Waals surface area contributed by atoms with Gasteiger partial charge in [0.25, 0.3) is 0 Å². The van der Waals surface area contributed by atoms with Gasteiger partial charge in [-0.15, -0.1) is 0 Å². The van der Waals surface area contributed by atoms with Gasteiger partial charge in [0.05, 0.1) is 40.0 Å². The number of quaternary nitrogens is 1. The first kappa shape index (κ1) is 59.2. The number of phosphoric ester groups is 1. The minimum atomic E-state index is -4.40. The lowest BCUT2D eigenvalue weighted by molar-refractivity contribution is -0.870. The largest absolute Gasteiger partial charge is 0.472 e. The highest BCUT2D eigenvalue weighted by atomic mass is 31.2. The van der Waals surface area contributed by atoms with Gasteiger partial charge in [-0.2, -0.15) is 0 Å². The van der Waals surface area contributed by atoms with Crippen LogP contribution in [0.25, 0.3) is 0 Å². The zero-order valence-corrected chi connectivity index (χ0v) is 42.2. The molecule has 1 fully saturated rings. The normalized spacial score (nSPS) is 16.9. The van der Waals surface area contributed by atoms with E-state index in [-0.39, 0.29) is 32.0 Å². The molecule has 0 aromatic heterocycles. The van der Waals surface area contributed by atoms with Gasteiger partial charge in [-0.25, -0.2) is 4.57 Å². The molecule has 11 heteroatoms. The second kappa shape index (κ2) is 40.5.